The van der Waals surface area contributed by atoms with Gasteiger partial charge in [0.05, 0.1) is 32.8 Å². The van der Waals surface area contributed by atoms with Gasteiger partial charge >= 0.3 is 39.5 Å². The van der Waals surface area contributed by atoms with Crippen molar-refractivity contribution in [2.75, 3.05) is 39.6 Å². The van der Waals surface area contributed by atoms with Gasteiger partial charge in [-0.3, -0.25) is 37.3 Å². The van der Waals surface area contributed by atoms with Crippen LogP contribution in [0.5, 0.6) is 0 Å². The lowest BCUT2D eigenvalue weighted by atomic mass is 10.0. The third-order valence-electron chi connectivity index (χ3n) is 14.8. The Labute approximate surface area is 592 Å². The third kappa shape index (κ3) is 69.4. The van der Waals surface area contributed by atoms with E-state index in [1.807, 2.05) is 36.5 Å². The number of phosphoric ester groups is 2. The maximum Gasteiger partial charge on any atom is 0.472 e. The Balaban J connectivity index is 5.45. The van der Waals surface area contributed by atoms with Crippen molar-refractivity contribution in [3.05, 3.63) is 146 Å². The largest absolute Gasteiger partial charge is 0.472 e. The predicted octanol–water partition coefficient (Wildman–Crippen LogP) is 21.1. The zero-order valence-corrected chi connectivity index (χ0v) is 62.4. The molecule has 0 radical (unpaired) electrons. The molecule has 0 aromatic heterocycles. The molecule has 0 aromatic carbocycles. The fourth-order valence-electron chi connectivity index (χ4n) is 9.24. The molecule has 5 atom stereocenters. The van der Waals surface area contributed by atoms with Gasteiger partial charge in [-0.15, -0.1) is 0 Å². The number of carbonyl (C=O) groups excluding carboxylic acids is 4. The molecule has 0 heterocycles. The molecule has 0 aliphatic rings. The topological polar surface area (TPSA) is 237 Å². The minimum absolute atomic E-state index is 0.0324. The first-order chi connectivity index (χ1) is 47.7. The van der Waals surface area contributed by atoms with E-state index in [4.69, 9.17) is 37.0 Å². The number of hydrogen-bond donors (Lipinski definition) is 3. The molecule has 98 heavy (non-hydrogen) atoms. The first kappa shape index (κ1) is 92.9. The van der Waals surface area contributed by atoms with Crippen LogP contribution in [-0.4, -0.2) is 96.7 Å². The van der Waals surface area contributed by atoms with Crippen molar-refractivity contribution in [2.45, 2.75) is 290 Å². The lowest BCUT2D eigenvalue weighted by molar-refractivity contribution is -0.161. The number of allylic oxidation sites excluding steroid dienone is 23. The van der Waals surface area contributed by atoms with Crippen molar-refractivity contribution in [1.29, 1.82) is 0 Å². The van der Waals surface area contributed by atoms with Gasteiger partial charge in [0.1, 0.15) is 19.3 Å². The van der Waals surface area contributed by atoms with Gasteiger partial charge in [0.15, 0.2) is 12.2 Å². The number of unbranched alkanes of at least 4 members (excludes halogenated alkanes) is 19. The Morgan fingerprint density at radius 2 is 0.602 bits per heavy atom. The van der Waals surface area contributed by atoms with Crippen LogP contribution in [0.2, 0.25) is 0 Å². The number of carbonyl (C=O) groups is 4. The Morgan fingerprint density at radius 3 is 0.980 bits per heavy atom. The molecule has 0 bridgehead atoms. The minimum Gasteiger partial charge on any atom is -0.462 e. The molecule has 3 N–H and O–H groups in total. The first-order valence-corrected chi connectivity index (χ1v) is 40.1. The first-order valence-electron chi connectivity index (χ1n) is 37.1. The smallest absolute Gasteiger partial charge is 0.462 e. The number of rotatable bonds is 68. The summed E-state index contributed by atoms with van der Waals surface area (Å²) in [4.78, 5) is 72.6. The molecule has 0 saturated carbocycles. The second kappa shape index (κ2) is 70.4. The maximum absolute atomic E-state index is 13.1. The fraction of sp³-hybridized carbons (Fsp3) is 0.646. The molecule has 0 fully saturated rings. The second-order valence-corrected chi connectivity index (χ2v) is 27.0. The van der Waals surface area contributed by atoms with Crippen LogP contribution in [0.4, 0.5) is 0 Å². The fourth-order valence-corrected chi connectivity index (χ4v) is 10.8. The Hall–Kier alpha value is -5.06. The van der Waals surface area contributed by atoms with Gasteiger partial charge in [0, 0.05) is 19.3 Å². The van der Waals surface area contributed by atoms with E-state index >= 15 is 0 Å². The quantitative estimate of drug-likeness (QED) is 0.0169. The number of phosphoric acid groups is 2. The van der Waals surface area contributed by atoms with E-state index in [-0.39, 0.29) is 25.7 Å². The molecule has 0 saturated heterocycles. The Kier molecular flexibility index (Phi) is 66.7. The normalized spacial score (nSPS) is 14.8. The summed E-state index contributed by atoms with van der Waals surface area (Å²) in [5.74, 6) is -2.44. The van der Waals surface area contributed by atoms with Crippen LogP contribution in [0, 0.1) is 0 Å². The van der Waals surface area contributed by atoms with Gasteiger partial charge in [-0.2, -0.15) is 0 Å². The van der Waals surface area contributed by atoms with Crippen LogP contribution in [0.3, 0.4) is 0 Å². The molecule has 17 nitrogen and oxygen atoms in total. The number of aliphatic hydroxyl groups is 1. The third-order valence-corrected chi connectivity index (χ3v) is 16.7. The van der Waals surface area contributed by atoms with Crippen molar-refractivity contribution in [2.24, 2.45) is 0 Å². The highest BCUT2D eigenvalue weighted by molar-refractivity contribution is 7.47. The van der Waals surface area contributed by atoms with Crippen LogP contribution in [0.1, 0.15) is 272 Å². The molecule has 0 aromatic rings. The maximum atomic E-state index is 13.1. The summed E-state index contributed by atoms with van der Waals surface area (Å²) in [7, 11) is -9.99. The van der Waals surface area contributed by atoms with Crippen LogP contribution in [0.25, 0.3) is 0 Å². The van der Waals surface area contributed by atoms with Crippen molar-refractivity contribution < 1.29 is 80.2 Å². The average molecular weight is 1410 g/mol. The molecule has 558 valence electrons. The lowest BCUT2D eigenvalue weighted by Gasteiger charge is -2.21. The Morgan fingerprint density at radius 1 is 0.306 bits per heavy atom. The molecule has 0 spiro atoms. The summed E-state index contributed by atoms with van der Waals surface area (Å²) in [6.07, 6.45) is 79.0. The van der Waals surface area contributed by atoms with Crippen molar-refractivity contribution >= 4 is 39.5 Å². The summed E-state index contributed by atoms with van der Waals surface area (Å²) in [5, 5.41) is 10.6. The van der Waals surface area contributed by atoms with Gasteiger partial charge in [-0.25, -0.2) is 9.13 Å². The van der Waals surface area contributed by atoms with Crippen molar-refractivity contribution in [3.8, 4) is 0 Å². The molecule has 0 amide bonds. The van der Waals surface area contributed by atoms with Crippen LogP contribution in [0.15, 0.2) is 146 Å². The van der Waals surface area contributed by atoms with E-state index in [0.717, 1.165) is 128 Å². The van der Waals surface area contributed by atoms with Gasteiger partial charge in [-0.1, -0.05) is 283 Å². The average Bonchev–Trinajstić information content (AvgIpc) is 0.972. The molecular formula is C79H130O17P2. The van der Waals surface area contributed by atoms with Gasteiger partial charge < -0.3 is 33.8 Å². The molecule has 19 heteroatoms. The predicted molar refractivity (Wildman–Crippen MR) is 399 cm³/mol. The van der Waals surface area contributed by atoms with E-state index in [0.29, 0.717) is 32.1 Å². The highest BCUT2D eigenvalue weighted by Crippen LogP contribution is 2.45. The SMILES string of the molecule is CC/C=C\C/C=C\C/C=C\C/C=C\C/C=C\C/C=C\CCC(=O)OCC(COP(=O)(O)OCC(O)COP(=O)(O)OCC(COC(=O)C/C=C\C/C=C\C/C=C\C/C=C\C/C=C\CC)OC(=O)CCCCCCC/C=C\CCCC)OC(=O)CCCCCCCCCCCCCCC. The van der Waals surface area contributed by atoms with Gasteiger partial charge in [-0.05, 0) is 109 Å². The number of hydrogen-bond acceptors (Lipinski definition) is 15. The lowest BCUT2D eigenvalue weighted by Crippen LogP contribution is -2.30. The van der Waals surface area contributed by atoms with Crippen LogP contribution < -0.4 is 0 Å². The zero-order chi connectivity index (χ0) is 71.8. The summed E-state index contributed by atoms with van der Waals surface area (Å²) >= 11 is 0. The van der Waals surface area contributed by atoms with E-state index in [1.165, 1.54) is 57.8 Å². The summed E-state index contributed by atoms with van der Waals surface area (Å²) < 4.78 is 68.1. The van der Waals surface area contributed by atoms with E-state index < -0.39 is 97.5 Å². The molecular weight excluding hydrogens is 1280 g/mol. The second-order valence-electron chi connectivity index (χ2n) is 24.1. The number of ether oxygens (including phenoxy) is 4. The van der Waals surface area contributed by atoms with Crippen LogP contribution >= 0.6 is 15.6 Å². The van der Waals surface area contributed by atoms with Gasteiger partial charge in [0.25, 0.3) is 0 Å². The van der Waals surface area contributed by atoms with E-state index in [9.17, 15) is 43.2 Å². The summed E-state index contributed by atoms with van der Waals surface area (Å²) in [5.41, 5.74) is 0. The highest BCUT2D eigenvalue weighted by atomic mass is 31.2. The molecule has 5 unspecified atom stereocenters. The summed E-state index contributed by atoms with van der Waals surface area (Å²) in [6.45, 7) is 4.37. The minimum atomic E-state index is -5.00. The van der Waals surface area contributed by atoms with E-state index in [1.54, 1.807) is 6.08 Å². The molecule has 0 rings (SSSR count). The molecule has 0 aliphatic heterocycles. The molecule has 0 aliphatic carbocycles. The van der Waals surface area contributed by atoms with E-state index in [2.05, 4.69) is 131 Å². The Bertz CT molecular complexity index is 2430. The zero-order valence-electron chi connectivity index (χ0n) is 60.7. The highest BCUT2D eigenvalue weighted by Gasteiger charge is 2.30. The van der Waals surface area contributed by atoms with Crippen LogP contribution in [-0.2, 0) is 65.4 Å². The van der Waals surface area contributed by atoms with Crippen molar-refractivity contribution in [1.82, 2.24) is 0 Å². The number of aliphatic hydroxyl groups excluding tert-OH is 1. The van der Waals surface area contributed by atoms with Gasteiger partial charge in [0.2, 0.25) is 0 Å². The van der Waals surface area contributed by atoms with Crippen molar-refractivity contribution in [3.63, 3.8) is 0 Å². The summed E-state index contributed by atoms with van der Waals surface area (Å²) in [6, 6.07) is 0. The number of esters is 4. The monoisotopic (exact) mass is 1410 g/mol. The standard InChI is InChI=1S/C79H130O17P2/c1-5-9-13-17-21-25-29-32-34-35-36-37-39-42-45-48-52-56-60-64-77(82)90-70-75(96-79(84)66-62-58-54-50-46-40-31-27-23-19-15-11-7-3)72-94-98(87,88)92-68-73(80)67-91-97(85,86)93-71-74(95-78(83)65-61-57-53-49-43-28-24-20-16-12-8-4)69-89-76(81)63-59-55-51-47-44-41-38-33-30-26-22-18-14-10-6-2/h9-10,13-14,20-22,24-26,32-34,36-38,42,44-45,47,52,55-56,59,73-75,80H,5-8,11-12,15-19,23,27-31,35,39-41,43,46,48-51,53-54,57-58,60-72H2,1-4H3,(H,85,86)(H,87,88)/b13-9-,14-10-,24-20-,25-21-,26-22-,34-32-,37-36-,38-33-,45-42-,47-44-,56-52-,59-55-.